The number of ketones is 2. The summed E-state index contributed by atoms with van der Waals surface area (Å²) in [5.74, 6) is 0.308. The standard InChI is InChI=1S/C8H14O2/c1-3-4-8(10)6-5-7(2)9/h3-6H2,1-2H3. The molecule has 0 atom stereocenters. The summed E-state index contributed by atoms with van der Waals surface area (Å²) in [7, 11) is 0. The van der Waals surface area contributed by atoms with Gasteiger partial charge in [0.1, 0.15) is 11.6 Å². The summed E-state index contributed by atoms with van der Waals surface area (Å²) in [5, 5.41) is 0. The molecule has 0 saturated heterocycles. The maximum absolute atomic E-state index is 10.8. The highest BCUT2D eigenvalue weighted by Gasteiger charge is 2.01. The summed E-state index contributed by atoms with van der Waals surface area (Å²) in [6.07, 6.45) is 2.35. The summed E-state index contributed by atoms with van der Waals surface area (Å²) in [5.41, 5.74) is 0. The lowest BCUT2D eigenvalue weighted by atomic mass is 10.1. The Balaban J connectivity index is 3.30. The van der Waals surface area contributed by atoms with Gasteiger partial charge in [-0.25, -0.2) is 0 Å². The van der Waals surface area contributed by atoms with Gasteiger partial charge in [0.05, 0.1) is 0 Å². The largest absolute Gasteiger partial charge is 0.300 e. The first-order valence-corrected chi connectivity index (χ1v) is 3.68. The van der Waals surface area contributed by atoms with Crippen molar-refractivity contribution in [1.82, 2.24) is 0 Å². The number of hydrogen-bond acceptors (Lipinski definition) is 2. The summed E-state index contributed by atoms with van der Waals surface area (Å²) in [6, 6.07) is 0. The van der Waals surface area contributed by atoms with Crippen molar-refractivity contribution in [3.05, 3.63) is 0 Å². The Bertz CT molecular complexity index is 127. The maximum atomic E-state index is 10.8. The van der Waals surface area contributed by atoms with E-state index in [4.69, 9.17) is 0 Å². The average Bonchev–Trinajstić information content (AvgIpc) is 1.85. The lowest BCUT2D eigenvalue weighted by Gasteiger charge is -1.93. The molecule has 0 aromatic heterocycles. The van der Waals surface area contributed by atoms with Crippen LogP contribution in [0.1, 0.15) is 39.5 Å². The first-order valence-electron chi connectivity index (χ1n) is 3.68. The second-order valence-electron chi connectivity index (χ2n) is 2.49. The molecule has 0 aliphatic rings. The van der Waals surface area contributed by atoms with E-state index in [0.717, 1.165) is 6.42 Å². The van der Waals surface area contributed by atoms with Gasteiger partial charge in [0, 0.05) is 19.3 Å². The molecule has 0 unspecified atom stereocenters. The van der Waals surface area contributed by atoms with Crippen LogP contribution in [-0.4, -0.2) is 11.6 Å². The van der Waals surface area contributed by atoms with Gasteiger partial charge in [-0.1, -0.05) is 6.92 Å². The maximum Gasteiger partial charge on any atom is 0.133 e. The minimum absolute atomic E-state index is 0.101. The SMILES string of the molecule is CCCC(=O)CCC(C)=O. The third kappa shape index (κ3) is 5.48. The van der Waals surface area contributed by atoms with Gasteiger partial charge in [0.25, 0.3) is 0 Å². The number of Topliss-reactive ketones (excluding diaryl/α,β-unsaturated/α-hetero) is 2. The van der Waals surface area contributed by atoms with E-state index in [9.17, 15) is 9.59 Å². The van der Waals surface area contributed by atoms with Crippen LogP contribution in [0.4, 0.5) is 0 Å². The zero-order chi connectivity index (χ0) is 7.98. The van der Waals surface area contributed by atoms with Gasteiger partial charge >= 0.3 is 0 Å². The number of carbonyl (C=O) groups excluding carboxylic acids is 2. The predicted octanol–water partition coefficient (Wildman–Crippen LogP) is 1.72. The van der Waals surface area contributed by atoms with Crippen molar-refractivity contribution >= 4 is 11.6 Å². The Labute approximate surface area is 61.6 Å². The third-order valence-electron chi connectivity index (χ3n) is 1.28. The highest BCUT2D eigenvalue weighted by molar-refractivity contribution is 5.84. The van der Waals surface area contributed by atoms with E-state index >= 15 is 0 Å². The van der Waals surface area contributed by atoms with Crippen molar-refractivity contribution in [3.63, 3.8) is 0 Å². The van der Waals surface area contributed by atoms with Gasteiger partial charge in [-0.2, -0.15) is 0 Å². The molecule has 0 radical (unpaired) electrons. The van der Waals surface area contributed by atoms with E-state index in [1.165, 1.54) is 6.92 Å². The van der Waals surface area contributed by atoms with E-state index in [-0.39, 0.29) is 11.6 Å². The monoisotopic (exact) mass is 142 g/mol. The van der Waals surface area contributed by atoms with Crippen molar-refractivity contribution in [2.24, 2.45) is 0 Å². The van der Waals surface area contributed by atoms with E-state index in [1.54, 1.807) is 0 Å². The predicted molar refractivity (Wildman–Crippen MR) is 39.8 cm³/mol. The van der Waals surface area contributed by atoms with Gasteiger partial charge in [-0.3, -0.25) is 4.79 Å². The number of rotatable bonds is 5. The fraction of sp³-hybridized carbons (Fsp3) is 0.750. The molecule has 0 aromatic carbocycles. The Morgan fingerprint density at radius 3 is 2.10 bits per heavy atom. The Morgan fingerprint density at radius 2 is 1.70 bits per heavy atom. The van der Waals surface area contributed by atoms with Gasteiger partial charge < -0.3 is 4.79 Å². The molecule has 0 spiro atoms. The van der Waals surface area contributed by atoms with Crippen LogP contribution in [0.15, 0.2) is 0 Å². The third-order valence-corrected chi connectivity index (χ3v) is 1.28. The van der Waals surface area contributed by atoms with Gasteiger partial charge in [-0.15, -0.1) is 0 Å². The molecule has 10 heavy (non-hydrogen) atoms. The molecule has 0 aromatic rings. The average molecular weight is 142 g/mol. The zero-order valence-electron chi connectivity index (χ0n) is 6.64. The topological polar surface area (TPSA) is 34.1 Å². The van der Waals surface area contributed by atoms with E-state index in [0.29, 0.717) is 19.3 Å². The first kappa shape index (κ1) is 9.34. The summed E-state index contributed by atoms with van der Waals surface area (Å²) >= 11 is 0. The van der Waals surface area contributed by atoms with Crippen molar-refractivity contribution in [3.8, 4) is 0 Å². The van der Waals surface area contributed by atoms with Crippen LogP contribution in [0.3, 0.4) is 0 Å². The molecule has 0 aliphatic heterocycles. The summed E-state index contributed by atoms with van der Waals surface area (Å²) in [4.78, 5) is 21.2. The Morgan fingerprint density at radius 1 is 1.10 bits per heavy atom. The molecule has 0 amide bonds. The summed E-state index contributed by atoms with van der Waals surface area (Å²) < 4.78 is 0. The highest BCUT2D eigenvalue weighted by atomic mass is 16.1. The second kappa shape index (κ2) is 5.15. The van der Waals surface area contributed by atoms with Crippen LogP contribution < -0.4 is 0 Å². The Hall–Kier alpha value is -0.660. The molecule has 2 nitrogen and oxygen atoms in total. The van der Waals surface area contributed by atoms with Crippen LogP contribution >= 0.6 is 0 Å². The molecule has 0 saturated carbocycles. The smallest absolute Gasteiger partial charge is 0.133 e. The van der Waals surface area contributed by atoms with Gasteiger partial charge in [0.15, 0.2) is 0 Å². The molecule has 0 rings (SSSR count). The molecule has 2 heteroatoms. The lowest BCUT2D eigenvalue weighted by Crippen LogP contribution is -2.00. The van der Waals surface area contributed by atoms with Crippen LogP contribution in [0.2, 0.25) is 0 Å². The lowest BCUT2D eigenvalue weighted by molar-refractivity contribution is -0.123. The van der Waals surface area contributed by atoms with E-state index < -0.39 is 0 Å². The second-order valence-corrected chi connectivity index (χ2v) is 2.49. The molecule has 0 heterocycles. The minimum atomic E-state index is 0.101. The molecular weight excluding hydrogens is 128 g/mol. The highest BCUT2D eigenvalue weighted by Crippen LogP contribution is 1.97. The molecular formula is C8H14O2. The first-order chi connectivity index (χ1) is 4.66. The normalized spacial score (nSPS) is 9.40. The molecule has 58 valence electrons. The molecule has 0 aliphatic carbocycles. The summed E-state index contributed by atoms with van der Waals surface area (Å²) in [6.45, 7) is 3.48. The van der Waals surface area contributed by atoms with Crippen LogP contribution in [-0.2, 0) is 9.59 Å². The fourth-order valence-corrected chi connectivity index (χ4v) is 0.719. The van der Waals surface area contributed by atoms with Crippen molar-refractivity contribution < 1.29 is 9.59 Å². The number of carbonyl (C=O) groups is 2. The van der Waals surface area contributed by atoms with Crippen molar-refractivity contribution in [1.29, 1.82) is 0 Å². The Kier molecular flexibility index (Phi) is 4.81. The van der Waals surface area contributed by atoms with Crippen LogP contribution in [0, 0.1) is 0 Å². The van der Waals surface area contributed by atoms with E-state index in [1.807, 2.05) is 6.92 Å². The number of hydrogen-bond donors (Lipinski definition) is 0. The quantitative estimate of drug-likeness (QED) is 0.585. The fourth-order valence-electron chi connectivity index (χ4n) is 0.719. The molecule has 0 N–H and O–H groups in total. The molecule has 0 bridgehead atoms. The van der Waals surface area contributed by atoms with Crippen molar-refractivity contribution in [2.75, 3.05) is 0 Å². The zero-order valence-corrected chi connectivity index (χ0v) is 6.64. The van der Waals surface area contributed by atoms with Gasteiger partial charge in [-0.05, 0) is 13.3 Å². The minimum Gasteiger partial charge on any atom is -0.300 e. The van der Waals surface area contributed by atoms with Gasteiger partial charge in [0.2, 0.25) is 0 Å². The van der Waals surface area contributed by atoms with Crippen LogP contribution in [0.25, 0.3) is 0 Å². The molecule has 0 fully saturated rings. The van der Waals surface area contributed by atoms with E-state index in [2.05, 4.69) is 0 Å². The van der Waals surface area contributed by atoms with Crippen molar-refractivity contribution in [2.45, 2.75) is 39.5 Å². The van der Waals surface area contributed by atoms with Crippen LogP contribution in [0.5, 0.6) is 0 Å².